The van der Waals surface area contributed by atoms with Gasteiger partial charge in [-0.2, -0.15) is 5.10 Å². The highest BCUT2D eigenvalue weighted by molar-refractivity contribution is 6.04. The lowest BCUT2D eigenvalue weighted by atomic mass is 10.0. The van der Waals surface area contributed by atoms with Gasteiger partial charge >= 0.3 is 0 Å². The number of aryl methyl sites for hydroxylation is 1. The number of benzene rings is 1. The van der Waals surface area contributed by atoms with Gasteiger partial charge in [-0.3, -0.25) is 9.59 Å². The van der Waals surface area contributed by atoms with Crippen LogP contribution in [0.15, 0.2) is 29.1 Å². The Morgan fingerprint density at radius 1 is 1.28 bits per heavy atom. The molecule has 0 atom stereocenters. The molecule has 134 valence electrons. The summed E-state index contributed by atoms with van der Waals surface area (Å²) in [5, 5.41) is 8.26. The van der Waals surface area contributed by atoms with Crippen LogP contribution in [0.1, 0.15) is 24.3 Å². The molecule has 1 aliphatic heterocycles. The lowest BCUT2D eigenvalue weighted by molar-refractivity contribution is -0.954. The predicted octanol–water partition coefficient (Wildman–Crippen LogP) is -0.643. The average Bonchev–Trinajstić information content (AvgIpc) is 2.63. The van der Waals surface area contributed by atoms with Gasteiger partial charge in [0.05, 0.1) is 25.1 Å². The van der Waals surface area contributed by atoms with Gasteiger partial charge in [0.15, 0.2) is 5.69 Å². The maximum Gasteiger partial charge on any atom is 0.274 e. The highest BCUT2D eigenvalue weighted by atomic mass is 16.5. The molecule has 0 unspecified atom stereocenters. The Labute approximate surface area is 146 Å². The Morgan fingerprint density at radius 3 is 2.60 bits per heavy atom. The van der Waals surface area contributed by atoms with Gasteiger partial charge in [0.25, 0.3) is 11.5 Å². The predicted molar refractivity (Wildman–Crippen MR) is 94.9 cm³/mol. The molecular formula is C18H25N4O3+. The fraction of sp³-hybridized carbons (Fsp3) is 0.500. The van der Waals surface area contributed by atoms with E-state index in [2.05, 4.69) is 24.3 Å². The summed E-state index contributed by atoms with van der Waals surface area (Å²) in [5.74, 6) is -0.257. The lowest BCUT2D eigenvalue weighted by Crippen LogP contribution is -3.22. The molecule has 3 rings (SSSR count). The van der Waals surface area contributed by atoms with E-state index in [1.54, 1.807) is 25.2 Å². The van der Waals surface area contributed by atoms with Crippen molar-refractivity contribution in [1.82, 2.24) is 15.1 Å². The first kappa shape index (κ1) is 17.6. The number of nitrogens with one attached hydrogen (secondary N) is 2. The van der Waals surface area contributed by atoms with Crippen LogP contribution in [0, 0.1) is 0 Å². The minimum absolute atomic E-state index is 0.101. The van der Waals surface area contributed by atoms with E-state index in [1.165, 1.54) is 9.58 Å². The van der Waals surface area contributed by atoms with Crippen molar-refractivity contribution in [3.63, 3.8) is 0 Å². The molecule has 1 aromatic heterocycles. The monoisotopic (exact) mass is 345 g/mol. The zero-order valence-electron chi connectivity index (χ0n) is 15.0. The molecule has 1 aliphatic rings. The summed E-state index contributed by atoms with van der Waals surface area (Å²) in [6.45, 7) is 8.17. The number of ether oxygens (including phenoxy) is 1. The second kappa shape index (κ2) is 6.93. The van der Waals surface area contributed by atoms with Crippen LogP contribution in [0.4, 0.5) is 0 Å². The number of hydrogen-bond donors (Lipinski definition) is 2. The van der Waals surface area contributed by atoms with E-state index < -0.39 is 0 Å². The Balaban J connectivity index is 1.81. The van der Waals surface area contributed by atoms with Gasteiger partial charge in [0.1, 0.15) is 18.6 Å². The van der Waals surface area contributed by atoms with Crippen molar-refractivity contribution < 1.29 is 14.4 Å². The van der Waals surface area contributed by atoms with Crippen molar-refractivity contribution in [2.75, 3.05) is 32.8 Å². The van der Waals surface area contributed by atoms with E-state index in [4.69, 9.17) is 4.74 Å². The molecule has 0 saturated carbocycles. The van der Waals surface area contributed by atoms with Crippen molar-refractivity contribution >= 4 is 16.7 Å². The van der Waals surface area contributed by atoms with Crippen LogP contribution >= 0.6 is 0 Å². The Morgan fingerprint density at radius 2 is 1.92 bits per heavy atom. The minimum Gasteiger partial charge on any atom is -0.370 e. The number of quaternary nitrogens is 1. The zero-order valence-corrected chi connectivity index (χ0v) is 15.0. The third-order valence-electron chi connectivity index (χ3n) is 4.92. The summed E-state index contributed by atoms with van der Waals surface area (Å²) in [4.78, 5) is 26.3. The SMILES string of the molecule is Cn1nc(C(=O)NCC(C)(C)[NH+]2CCOCC2)c2ccccc2c1=O. The minimum atomic E-state index is -0.257. The summed E-state index contributed by atoms with van der Waals surface area (Å²) < 4.78 is 6.63. The van der Waals surface area contributed by atoms with Crippen LogP contribution in [-0.2, 0) is 11.8 Å². The van der Waals surface area contributed by atoms with Crippen LogP contribution in [-0.4, -0.2) is 54.1 Å². The second-order valence-electron chi connectivity index (χ2n) is 7.11. The molecule has 2 N–H and O–H groups in total. The van der Waals surface area contributed by atoms with Gasteiger partial charge in [-0.1, -0.05) is 18.2 Å². The molecule has 7 heteroatoms. The van der Waals surface area contributed by atoms with E-state index >= 15 is 0 Å². The van der Waals surface area contributed by atoms with Crippen LogP contribution < -0.4 is 15.8 Å². The van der Waals surface area contributed by atoms with Crippen LogP contribution in [0.3, 0.4) is 0 Å². The molecule has 0 spiro atoms. The summed E-state index contributed by atoms with van der Waals surface area (Å²) >= 11 is 0. The first-order chi connectivity index (χ1) is 11.9. The molecule has 25 heavy (non-hydrogen) atoms. The van der Waals surface area contributed by atoms with Gasteiger partial charge in [-0.05, 0) is 19.9 Å². The van der Waals surface area contributed by atoms with Crippen molar-refractivity contribution in [2.24, 2.45) is 7.05 Å². The van der Waals surface area contributed by atoms with E-state index in [0.29, 0.717) is 17.3 Å². The molecule has 0 bridgehead atoms. The number of carbonyl (C=O) groups is 1. The summed E-state index contributed by atoms with van der Waals surface area (Å²) in [6, 6.07) is 7.08. The number of nitrogens with zero attached hydrogens (tertiary/aromatic N) is 2. The van der Waals surface area contributed by atoms with E-state index in [-0.39, 0.29) is 22.7 Å². The van der Waals surface area contributed by atoms with E-state index in [0.717, 1.165) is 26.3 Å². The summed E-state index contributed by atoms with van der Waals surface area (Å²) in [6.07, 6.45) is 0. The first-order valence-corrected chi connectivity index (χ1v) is 8.57. The quantitative estimate of drug-likeness (QED) is 0.773. The number of carbonyl (C=O) groups excluding carboxylic acids is 1. The second-order valence-corrected chi connectivity index (χ2v) is 7.11. The molecule has 2 heterocycles. The highest BCUT2D eigenvalue weighted by Gasteiger charge is 2.33. The zero-order chi connectivity index (χ0) is 18.0. The Hall–Kier alpha value is -2.25. The van der Waals surface area contributed by atoms with Gasteiger partial charge in [-0.15, -0.1) is 0 Å². The summed E-state index contributed by atoms with van der Waals surface area (Å²) in [7, 11) is 1.56. The molecule has 2 aromatic rings. The smallest absolute Gasteiger partial charge is 0.274 e. The van der Waals surface area contributed by atoms with Gasteiger partial charge in [0.2, 0.25) is 0 Å². The fourth-order valence-electron chi connectivity index (χ4n) is 3.27. The number of amides is 1. The van der Waals surface area contributed by atoms with Gasteiger partial charge < -0.3 is 15.0 Å². The fourth-order valence-corrected chi connectivity index (χ4v) is 3.27. The maximum atomic E-state index is 12.7. The number of aromatic nitrogens is 2. The molecule has 1 aromatic carbocycles. The topological polar surface area (TPSA) is 77.7 Å². The van der Waals surface area contributed by atoms with E-state index in [1.807, 2.05) is 6.07 Å². The van der Waals surface area contributed by atoms with Gasteiger partial charge in [0, 0.05) is 12.4 Å². The largest absolute Gasteiger partial charge is 0.370 e. The van der Waals surface area contributed by atoms with Crippen LogP contribution in [0.25, 0.3) is 10.8 Å². The van der Waals surface area contributed by atoms with Crippen molar-refractivity contribution in [3.8, 4) is 0 Å². The molecule has 0 radical (unpaired) electrons. The first-order valence-electron chi connectivity index (χ1n) is 8.57. The molecular weight excluding hydrogens is 320 g/mol. The van der Waals surface area contributed by atoms with Crippen molar-refractivity contribution in [1.29, 1.82) is 0 Å². The van der Waals surface area contributed by atoms with Gasteiger partial charge in [-0.25, -0.2) is 4.68 Å². The third kappa shape index (κ3) is 3.57. The number of fused-ring (bicyclic) bond motifs is 1. The molecule has 1 amide bonds. The number of rotatable bonds is 4. The maximum absolute atomic E-state index is 12.7. The van der Waals surface area contributed by atoms with Crippen LogP contribution in [0.2, 0.25) is 0 Å². The number of hydrogen-bond acceptors (Lipinski definition) is 4. The lowest BCUT2D eigenvalue weighted by Gasteiger charge is -2.37. The number of morpholine rings is 1. The molecule has 1 saturated heterocycles. The van der Waals surface area contributed by atoms with E-state index in [9.17, 15) is 9.59 Å². The molecule has 1 fully saturated rings. The Bertz CT molecular complexity index is 838. The molecule has 0 aliphatic carbocycles. The standard InChI is InChI=1S/C18H24N4O3/c1-18(2,22-8-10-25-11-9-22)12-19-16(23)15-13-6-4-5-7-14(13)17(24)21(3)20-15/h4-7H,8-12H2,1-3H3,(H,19,23)/p+1. The normalized spacial score (nSPS) is 16.1. The average molecular weight is 345 g/mol. The van der Waals surface area contributed by atoms with Crippen molar-refractivity contribution in [3.05, 3.63) is 40.3 Å². The highest BCUT2D eigenvalue weighted by Crippen LogP contribution is 2.13. The Kier molecular flexibility index (Phi) is 4.87. The third-order valence-corrected chi connectivity index (χ3v) is 4.92. The molecule has 7 nitrogen and oxygen atoms in total. The summed E-state index contributed by atoms with van der Waals surface area (Å²) in [5.41, 5.74) is -0.0219. The van der Waals surface area contributed by atoms with Crippen LogP contribution in [0.5, 0.6) is 0 Å². The van der Waals surface area contributed by atoms with Crippen molar-refractivity contribution in [2.45, 2.75) is 19.4 Å².